The molecule has 0 bridgehead atoms. The van der Waals surface area contributed by atoms with Crippen molar-refractivity contribution in [2.45, 2.75) is 63.8 Å². The van der Waals surface area contributed by atoms with Crippen LogP contribution >= 0.6 is 0 Å². The predicted octanol–water partition coefficient (Wildman–Crippen LogP) is 3.70. The second-order valence-electron chi connectivity index (χ2n) is 4.96. The van der Waals surface area contributed by atoms with Crippen molar-refractivity contribution in [2.75, 3.05) is 6.61 Å². The minimum absolute atomic E-state index is 0.186. The molecular weight excluding hydrogens is 200 g/mol. The lowest BCUT2D eigenvalue weighted by atomic mass is 10.1. The van der Waals surface area contributed by atoms with Crippen molar-refractivity contribution in [1.82, 2.24) is 0 Å². The van der Waals surface area contributed by atoms with Gasteiger partial charge in [-0.3, -0.25) is 0 Å². The van der Waals surface area contributed by atoms with Crippen molar-refractivity contribution in [3.05, 3.63) is 12.2 Å². The Morgan fingerprint density at radius 1 is 1.33 bits per heavy atom. The minimum Gasteiger partial charge on any atom is -0.375 e. The zero-order valence-corrected chi connectivity index (χ0v) is 11.7. The van der Waals surface area contributed by atoms with Crippen LogP contribution < -0.4 is 0 Å². The van der Waals surface area contributed by atoms with Gasteiger partial charge in [0.2, 0.25) is 0 Å². The highest BCUT2D eigenvalue weighted by Crippen LogP contribution is 2.29. The second kappa shape index (κ2) is 6.49. The summed E-state index contributed by atoms with van der Waals surface area (Å²) in [6, 6.07) is 0. The Kier molecular flexibility index (Phi) is 5.62. The van der Waals surface area contributed by atoms with Gasteiger partial charge in [0.25, 0.3) is 0 Å². The highest BCUT2D eigenvalue weighted by molar-refractivity contribution is 6.59. The van der Waals surface area contributed by atoms with E-state index in [4.69, 9.17) is 4.74 Å². The molecule has 2 heteroatoms. The molecule has 0 radical (unpaired) electrons. The summed E-state index contributed by atoms with van der Waals surface area (Å²) >= 11 is 0. The molecule has 1 unspecified atom stereocenters. The molecule has 0 saturated carbocycles. The maximum Gasteiger partial charge on any atom is 0.0744 e. The van der Waals surface area contributed by atoms with E-state index in [1.54, 1.807) is 0 Å². The Balaban J connectivity index is 2.52. The number of hydrogen-bond acceptors (Lipinski definition) is 1. The quantitative estimate of drug-likeness (QED) is 0.394. The molecule has 88 valence electrons. The third-order valence-corrected chi connectivity index (χ3v) is 6.04. The van der Waals surface area contributed by atoms with Gasteiger partial charge in [0.15, 0.2) is 0 Å². The Morgan fingerprint density at radius 2 is 2.13 bits per heavy atom. The topological polar surface area (TPSA) is 9.23 Å². The van der Waals surface area contributed by atoms with E-state index in [0.29, 0.717) is 0 Å². The maximum atomic E-state index is 6.08. The van der Waals surface area contributed by atoms with Crippen LogP contribution in [0.25, 0.3) is 0 Å². The molecule has 0 amide bonds. The smallest absolute Gasteiger partial charge is 0.0744 e. The lowest BCUT2D eigenvalue weighted by Crippen LogP contribution is -2.45. The van der Waals surface area contributed by atoms with Gasteiger partial charge in [0.1, 0.15) is 0 Å². The molecule has 0 aromatic heterocycles. The zero-order valence-electron chi connectivity index (χ0n) is 10.6. The SMILES string of the molecule is CCCCC=CC1([SiH](C)C)CCCCO1. The fraction of sp³-hybridized carbons (Fsp3) is 0.846. The summed E-state index contributed by atoms with van der Waals surface area (Å²) in [5.74, 6) is 0. The second-order valence-corrected chi connectivity index (χ2v) is 8.25. The summed E-state index contributed by atoms with van der Waals surface area (Å²) in [6.07, 6.45) is 12.5. The van der Waals surface area contributed by atoms with Crippen molar-refractivity contribution in [1.29, 1.82) is 0 Å². The molecule has 1 fully saturated rings. The number of unbranched alkanes of at least 4 members (excludes halogenated alkanes) is 2. The molecule has 15 heavy (non-hydrogen) atoms. The Morgan fingerprint density at radius 3 is 2.67 bits per heavy atom. The molecule has 1 heterocycles. The summed E-state index contributed by atoms with van der Waals surface area (Å²) < 4.78 is 6.08. The molecule has 1 atom stereocenters. The van der Waals surface area contributed by atoms with Crippen molar-refractivity contribution < 1.29 is 4.74 Å². The Labute approximate surface area is 96.5 Å². The van der Waals surface area contributed by atoms with E-state index in [2.05, 4.69) is 32.2 Å². The van der Waals surface area contributed by atoms with Crippen LogP contribution in [0.2, 0.25) is 13.1 Å². The molecule has 0 aliphatic carbocycles. The maximum absolute atomic E-state index is 6.08. The van der Waals surface area contributed by atoms with Gasteiger partial charge >= 0.3 is 0 Å². The van der Waals surface area contributed by atoms with Crippen LogP contribution in [0.15, 0.2) is 12.2 Å². The zero-order chi connectivity index (χ0) is 11.1. The molecule has 0 N–H and O–H groups in total. The van der Waals surface area contributed by atoms with Gasteiger partial charge < -0.3 is 4.74 Å². The van der Waals surface area contributed by atoms with Gasteiger partial charge in [0.05, 0.1) is 14.0 Å². The first-order valence-corrected chi connectivity index (χ1v) is 9.41. The lowest BCUT2D eigenvalue weighted by Gasteiger charge is -2.38. The van der Waals surface area contributed by atoms with E-state index < -0.39 is 8.80 Å². The van der Waals surface area contributed by atoms with Gasteiger partial charge in [-0.15, -0.1) is 0 Å². The average Bonchev–Trinajstić information content (AvgIpc) is 2.26. The Bertz CT molecular complexity index is 193. The van der Waals surface area contributed by atoms with Gasteiger partial charge in [0, 0.05) is 6.61 Å². The number of allylic oxidation sites excluding steroid dienone is 1. The van der Waals surface area contributed by atoms with Crippen LogP contribution in [0.5, 0.6) is 0 Å². The van der Waals surface area contributed by atoms with Crippen molar-refractivity contribution in [2.24, 2.45) is 0 Å². The molecule has 0 aromatic rings. The fourth-order valence-electron chi connectivity index (χ4n) is 2.22. The van der Waals surface area contributed by atoms with Crippen molar-refractivity contribution in [3.8, 4) is 0 Å². The minimum atomic E-state index is -0.748. The van der Waals surface area contributed by atoms with Gasteiger partial charge in [-0.25, -0.2) is 0 Å². The van der Waals surface area contributed by atoms with Gasteiger partial charge in [-0.1, -0.05) is 45.0 Å². The molecule has 1 saturated heterocycles. The van der Waals surface area contributed by atoms with Crippen LogP contribution in [-0.2, 0) is 4.74 Å². The highest BCUT2D eigenvalue weighted by atomic mass is 28.3. The third kappa shape index (κ3) is 3.76. The highest BCUT2D eigenvalue weighted by Gasteiger charge is 2.34. The third-order valence-electron chi connectivity index (χ3n) is 3.43. The molecule has 0 spiro atoms. The molecule has 1 aliphatic rings. The predicted molar refractivity (Wildman–Crippen MR) is 70.1 cm³/mol. The largest absolute Gasteiger partial charge is 0.375 e. The van der Waals surface area contributed by atoms with Crippen LogP contribution in [-0.4, -0.2) is 20.6 Å². The van der Waals surface area contributed by atoms with Crippen LogP contribution in [0.1, 0.15) is 45.4 Å². The van der Waals surface area contributed by atoms with Crippen molar-refractivity contribution in [3.63, 3.8) is 0 Å². The standard InChI is InChI=1S/C13H26OSi/c1-4-5-6-7-10-13(15(2)3)11-8-9-12-14-13/h7,10,15H,4-6,8-9,11-12H2,1-3H3. The number of rotatable bonds is 5. The van der Waals surface area contributed by atoms with E-state index in [1.165, 1.54) is 38.5 Å². The first kappa shape index (κ1) is 13.0. The first-order chi connectivity index (χ1) is 7.21. The van der Waals surface area contributed by atoms with Gasteiger partial charge in [-0.05, 0) is 25.7 Å². The number of ether oxygens (including phenoxy) is 1. The van der Waals surface area contributed by atoms with E-state index in [0.717, 1.165) is 6.61 Å². The fourth-order valence-corrected chi connectivity index (χ4v) is 3.98. The molecule has 1 rings (SSSR count). The van der Waals surface area contributed by atoms with E-state index >= 15 is 0 Å². The normalized spacial score (nSPS) is 27.7. The number of hydrogen-bond donors (Lipinski definition) is 0. The summed E-state index contributed by atoms with van der Waals surface area (Å²) in [6.45, 7) is 8.05. The average molecular weight is 226 g/mol. The van der Waals surface area contributed by atoms with Crippen molar-refractivity contribution >= 4 is 8.80 Å². The lowest BCUT2D eigenvalue weighted by molar-refractivity contribution is 0.0102. The molecule has 1 nitrogen and oxygen atoms in total. The van der Waals surface area contributed by atoms with Crippen LogP contribution in [0, 0.1) is 0 Å². The van der Waals surface area contributed by atoms with E-state index in [9.17, 15) is 0 Å². The van der Waals surface area contributed by atoms with Gasteiger partial charge in [-0.2, -0.15) is 0 Å². The van der Waals surface area contributed by atoms with Crippen LogP contribution in [0.3, 0.4) is 0 Å². The molecular formula is C13H26OSi. The Hall–Kier alpha value is -0.0831. The first-order valence-electron chi connectivity index (χ1n) is 6.53. The summed E-state index contributed by atoms with van der Waals surface area (Å²) in [7, 11) is -0.748. The molecule has 1 aliphatic heterocycles. The van der Waals surface area contributed by atoms with Crippen LogP contribution in [0.4, 0.5) is 0 Å². The summed E-state index contributed by atoms with van der Waals surface area (Å²) in [5.41, 5.74) is 0. The summed E-state index contributed by atoms with van der Waals surface area (Å²) in [4.78, 5) is 0. The monoisotopic (exact) mass is 226 g/mol. The van der Waals surface area contributed by atoms with E-state index in [1.807, 2.05) is 0 Å². The summed E-state index contributed by atoms with van der Waals surface area (Å²) in [5, 5.41) is 0.186. The molecule has 0 aromatic carbocycles. The van der Waals surface area contributed by atoms with E-state index in [-0.39, 0.29) is 5.22 Å².